The van der Waals surface area contributed by atoms with Crippen molar-refractivity contribution >= 4 is 22.9 Å². The first-order valence-electron chi connectivity index (χ1n) is 7.81. The molecule has 3 aromatic rings. The molecule has 1 amide bonds. The van der Waals surface area contributed by atoms with Crippen molar-refractivity contribution in [2.24, 2.45) is 0 Å². The smallest absolute Gasteiger partial charge is 0.258 e. The molecule has 1 aromatic carbocycles. The van der Waals surface area contributed by atoms with Gasteiger partial charge in [-0.3, -0.25) is 9.78 Å². The van der Waals surface area contributed by atoms with Crippen molar-refractivity contribution in [1.29, 1.82) is 5.26 Å². The van der Waals surface area contributed by atoms with E-state index in [-0.39, 0.29) is 12.1 Å². The molecule has 122 valence electrons. The second kappa shape index (κ2) is 6.38. The molecule has 0 saturated carbocycles. The Balaban J connectivity index is 1.70. The molecule has 0 bridgehead atoms. The van der Waals surface area contributed by atoms with Crippen molar-refractivity contribution in [2.45, 2.75) is 12.7 Å². The molecule has 1 atom stereocenters. The van der Waals surface area contributed by atoms with Crippen molar-refractivity contribution in [3.05, 3.63) is 81.8 Å². The number of benzene rings is 1. The van der Waals surface area contributed by atoms with E-state index in [0.29, 0.717) is 23.4 Å². The average Bonchev–Trinajstić information content (AvgIpc) is 3.25. The average molecular weight is 346 g/mol. The lowest BCUT2D eigenvalue weighted by molar-refractivity contribution is 0.0729. The number of amides is 1. The minimum Gasteiger partial charge on any atom is -0.360 e. The lowest BCUT2D eigenvalue weighted by Gasteiger charge is -2.26. The number of fused-ring (bicyclic) bond motifs is 1. The van der Waals surface area contributed by atoms with Crippen molar-refractivity contribution in [2.75, 3.05) is 5.32 Å². The third-order valence-corrected chi connectivity index (χ3v) is 4.96. The molecule has 0 aliphatic carbocycles. The summed E-state index contributed by atoms with van der Waals surface area (Å²) in [5, 5.41) is 14.5. The van der Waals surface area contributed by atoms with E-state index >= 15 is 0 Å². The van der Waals surface area contributed by atoms with Gasteiger partial charge in [0.15, 0.2) is 0 Å². The number of nitrogens with zero attached hydrogens (tertiary/aromatic N) is 3. The number of anilines is 1. The summed E-state index contributed by atoms with van der Waals surface area (Å²) in [6, 6.07) is 16.9. The fourth-order valence-electron chi connectivity index (χ4n) is 2.95. The number of rotatable bonds is 4. The van der Waals surface area contributed by atoms with Crippen LogP contribution in [-0.2, 0) is 6.54 Å². The van der Waals surface area contributed by atoms with E-state index in [4.69, 9.17) is 5.26 Å². The summed E-state index contributed by atoms with van der Waals surface area (Å²) in [5.74, 6) is -0.0366. The summed E-state index contributed by atoms with van der Waals surface area (Å²) in [6.07, 6.45) is 1.33. The van der Waals surface area contributed by atoms with E-state index in [9.17, 15) is 4.79 Å². The first-order valence-corrected chi connectivity index (χ1v) is 8.69. The minimum absolute atomic E-state index is 0.0366. The van der Waals surface area contributed by atoms with Crippen molar-refractivity contribution in [3.63, 3.8) is 0 Å². The lowest BCUT2D eigenvalue weighted by atomic mass is 10.2. The van der Waals surface area contributed by atoms with Crippen LogP contribution < -0.4 is 5.32 Å². The van der Waals surface area contributed by atoms with Crippen LogP contribution in [0.2, 0.25) is 0 Å². The van der Waals surface area contributed by atoms with Crippen LogP contribution >= 0.6 is 11.3 Å². The van der Waals surface area contributed by atoms with Gasteiger partial charge >= 0.3 is 0 Å². The second-order valence-electron chi connectivity index (χ2n) is 5.69. The molecular weight excluding hydrogens is 332 g/mol. The highest BCUT2D eigenvalue weighted by Gasteiger charge is 2.38. The first-order chi connectivity index (χ1) is 12.3. The van der Waals surface area contributed by atoms with Crippen LogP contribution in [0.3, 0.4) is 0 Å². The molecule has 0 spiro atoms. The molecule has 1 N–H and O–H groups in total. The third-order valence-electron chi connectivity index (χ3n) is 4.10. The van der Waals surface area contributed by atoms with Gasteiger partial charge in [-0.25, -0.2) is 0 Å². The molecule has 6 heteroatoms. The van der Waals surface area contributed by atoms with Gasteiger partial charge in [-0.1, -0.05) is 12.1 Å². The summed E-state index contributed by atoms with van der Waals surface area (Å²) >= 11 is 1.62. The number of hydrogen-bond donors (Lipinski definition) is 1. The van der Waals surface area contributed by atoms with Gasteiger partial charge in [0.1, 0.15) is 6.17 Å². The molecule has 5 nitrogen and oxygen atoms in total. The van der Waals surface area contributed by atoms with Gasteiger partial charge < -0.3 is 10.2 Å². The molecule has 25 heavy (non-hydrogen) atoms. The highest BCUT2D eigenvalue weighted by Crippen LogP contribution is 2.34. The maximum Gasteiger partial charge on any atom is 0.258 e. The van der Waals surface area contributed by atoms with Crippen molar-refractivity contribution in [1.82, 2.24) is 9.88 Å². The van der Waals surface area contributed by atoms with E-state index in [2.05, 4.69) is 16.4 Å². The molecule has 1 aliphatic heterocycles. The van der Waals surface area contributed by atoms with Crippen LogP contribution in [0.5, 0.6) is 0 Å². The number of carbonyl (C=O) groups excluding carboxylic acids is 1. The van der Waals surface area contributed by atoms with Gasteiger partial charge in [-0.2, -0.15) is 5.26 Å². The number of nitrogens with one attached hydrogen (secondary N) is 1. The summed E-state index contributed by atoms with van der Waals surface area (Å²) in [4.78, 5) is 20.2. The summed E-state index contributed by atoms with van der Waals surface area (Å²) < 4.78 is 0. The summed E-state index contributed by atoms with van der Waals surface area (Å²) in [7, 11) is 0. The minimum atomic E-state index is -0.361. The summed E-state index contributed by atoms with van der Waals surface area (Å²) in [5.41, 5.74) is 2.69. The van der Waals surface area contributed by atoms with E-state index < -0.39 is 0 Å². The molecule has 0 fully saturated rings. The van der Waals surface area contributed by atoms with E-state index in [1.807, 2.05) is 29.6 Å². The highest BCUT2D eigenvalue weighted by atomic mass is 32.1. The van der Waals surface area contributed by atoms with E-state index in [0.717, 1.165) is 10.6 Å². The normalized spacial score (nSPS) is 15.7. The van der Waals surface area contributed by atoms with E-state index in [1.165, 1.54) is 0 Å². The van der Waals surface area contributed by atoms with Crippen molar-refractivity contribution < 1.29 is 4.79 Å². The van der Waals surface area contributed by atoms with Gasteiger partial charge in [0.2, 0.25) is 0 Å². The number of thiophene rings is 1. The fourth-order valence-corrected chi connectivity index (χ4v) is 3.65. The topological polar surface area (TPSA) is 69.0 Å². The Hall–Kier alpha value is -3.17. The number of nitriles is 1. The zero-order valence-electron chi connectivity index (χ0n) is 13.2. The van der Waals surface area contributed by atoms with E-state index in [1.54, 1.807) is 46.7 Å². The van der Waals surface area contributed by atoms with Crippen LogP contribution in [0.1, 0.15) is 32.7 Å². The molecule has 3 heterocycles. The van der Waals surface area contributed by atoms with Gasteiger partial charge in [0.05, 0.1) is 29.4 Å². The van der Waals surface area contributed by atoms with Crippen LogP contribution in [-0.4, -0.2) is 15.8 Å². The predicted molar refractivity (Wildman–Crippen MR) is 96.0 cm³/mol. The first kappa shape index (κ1) is 15.4. The molecule has 4 rings (SSSR count). The standard InChI is InChI=1S/C19H14N4OS/c20-11-13-4-1-5-14(10-13)22-18-17-16(7-2-8-21-17)19(24)23(18)12-15-6-3-9-25-15/h1-10,18,22H,12H2/t18-/m0/s1. The monoisotopic (exact) mass is 346 g/mol. The predicted octanol–water partition coefficient (Wildman–Crippen LogP) is 3.78. The Labute approximate surface area is 149 Å². The SMILES string of the molecule is N#Cc1cccc(N[C@@H]2c3ncccc3C(=O)N2Cc2cccs2)c1. The van der Waals surface area contributed by atoms with Gasteiger partial charge in [0.25, 0.3) is 5.91 Å². The van der Waals surface area contributed by atoms with Gasteiger partial charge in [-0.05, 0) is 41.8 Å². The molecule has 0 radical (unpaired) electrons. The Morgan fingerprint density at radius 2 is 2.16 bits per heavy atom. The van der Waals surface area contributed by atoms with Crippen LogP contribution in [0.15, 0.2) is 60.1 Å². The Bertz CT molecular complexity index is 962. The van der Waals surface area contributed by atoms with Gasteiger partial charge in [0, 0.05) is 16.8 Å². The van der Waals surface area contributed by atoms with Gasteiger partial charge in [-0.15, -0.1) is 11.3 Å². The number of pyridine rings is 1. The fraction of sp³-hybridized carbons (Fsp3) is 0.105. The zero-order chi connectivity index (χ0) is 17.2. The Kier molecular flexibility index (Phi) is 3.92. The molecule has 0 unspecified atom stereocenters. The third kappa shape index (κ3) is 2.86. The van der Waals surface area contributed by atoms with Crippen LogP contribution in [0.25, 0.3) is 0 Å². The molecule has 0 saturated heterocycles. The number of aromatic nitrogens is 1. The van der Waals surface area contributed by atoms with Crippen LogP contribution in [0, 0.1) is 11.3 Å². The molecule has 1 aliphatic rings. The highest BCUT2D eigenvalue weighted by molar-refractivity contribution is 7.09. The largest absolute Gasteiger partial charge is 0.360 e. The summed E-state index contributed by atoms with van der Waals surface area (Å²) in [6.45, 7) is 0.516. The molecular formula is C19H14N4OS. The van der Waals surface area contributed by atoms with Crippen molar-refractivity contribution in [3.8, 4) is 6.07 Å². The number of carbonyl (C=O) groups is 1. The molecule has 2 aromatic heterocycles. The maximum atomic E-state index is 12.8. The Morgan fingerprint density at radius 1 is 1.24 bits per heavy atom. The Morgan fingerprint density at radius 3 is 2.96 bits per heavy atom. The van der Waals surface area contributed by atoms with Crippen LogP contribution in [0.4, 0.5) is 5.69 Å². The maximum absolute atomic E-state index is 12.8. The number of hydrogen-bond acceptors (Lipinski definition) is 5. The zero-order valence-corrected chi connectivity index (χ0v) is 14.0. The lowest BCUT2D eigenvalue weighted by Crippen LogP contribution is -2.31. The second-order valence-corrected chi connectivity index (χ2v) is 6.72. The quantitative estimate of drug-likeness (QED) is 0.780.